The molecular formula is C14H21FN2O2. The molecule has 3 N–H and O–H groups in total. The van der Waals surface area contributed by atoms with E-state index in [4.69, 9.17) is 20.6 Å². The van der Waals surface area contributed by atoms with Gasteiger partial charge in [0.05, 0.1) is 31.0 Å². The lowest BCUT2D eigenvalue weighted by molar-refractivity contribution is -0.0379. The summed E-state index contributed by atoms with van der Waals surface area (Å²) >= 11 is 0. The fourth-order valence-electron chi connectivity index (χ4n) is 1.49. The highest BCUT2D eigenvalue weighted by atomic mass is 19.1. The highest BCUT2D eigenvalue weighted by molar-refractivity contribution is 5.95. The van der Waals surface area contributed by atoms with Crippen molar-refractivity contribution in [3.63, 3.8) is 0 Å². The van der Waals surface area contributed by atoms with Gasteiger partial charge in [-0.25, -0.2) is 4.39 Å². The van der Waals surface area contributed by atoms with Crippen LogP contribution in [0.25, 0.3) is 0 Å². The number of amidine groups is 1. The molecule has 106 valence electrons. The van der Waals surface area contributed by atoms with Crippen molar-refractivity contribution in [3.8, 4) is 0 Å². The molecule has 0 spiro atoms. The summed E-state index contributed by atoms with van der Waals surface area (Å²) in [6.07, 6.45) is 0. The predicted octanol–water partition coefficient (Wildman–Crippen LogP) is 2.44. The van der Waals surface area contributed by atoms with Gasteiger partial charge in [-0.05, 0) is 26.8 Å². The Bertz CT molecular complexity index is 442. The van der Waals surface area contributed by atoms with Gasteiger partial charge in [-0.2, -0.15) is 0 Å². The van der Waals surface area contributed by atoms with Gasteiger partial charge in [-0.1, -0.05) is 12.1 Å². The van der Waals surface area contributed by atoms with E-state index in [2.05, 4.69) is 0 Å². The van der Waals surface area contributed by atoms with Crippen molar-refractivity contribution in [1.29, 1.82) is 5.41 Å². The molecular weight excluding hydrogens is 247 g/mol. The van der Waals surface area contributed by atoms with Crippen LogP contribution in [0.4, 0.5) is 4.39 Å². The van der Waals surface area contributed by atoms with Crippen LogP contribution in [-0.4, -0.2) is 24.7 Å². The van der Waals surface area contributed by atoms with Crippen LogP contribution in [0, 0.1) is 11.2 Å². The van der Waals surface area contributed by atoms with Crippen molar-refractivity contribution in [1.82, 2.24) is 0 Å². The van der Waals surface area contributed by atoms with Gasteiger partial charge in [-0.15, -0.1) is 0 Å². The van der Waals surface area contributed by atoms with E-state index in [1.165, 1.54) is 6.07 Å². The Hall–Kier alpha value is -1.46. The quantitative estimate of drug-likeness (QED) is 0.473. The molecule has 0 aromatic heterocycles. The Labute approximate surface area is 113 Å². The second kappa shape index (κ2) is 6.63. The van der Waals surface area contributed by atoms with E-state index >= 15 is 0 Å². The number of rotatable bonds is 6. The van der Waals surface area contributed by atoms with Crippen LogP contribution in [0.1, 0.15) is 31.9 Å². The van der Waals surface area contributed by atoms with Crippen molar-refractivity contribution >= 4 is 5.84 Å². The molecule has 0 amide bonds. The summed E-state index contributed by atoms with van der Waals surface area (Å²) < 4.78 is 24.7. The Morgan fingerprint density at radius 1 is 1.32 bits per heavy atom. The zero-order valence-corrected chi connectivity index (χ0v) is 11.6. The van der Waals surface area contributed by atoms with Crippen LogP contribution >= 0.6 is 0 Å². The van der Waals surface area contributed by atoms with Crippen molar-refractivity contribution in [3.05, 3.63) is 35.1 Å². The lowest BCUT2D eigenvalue weighted by atomic mass is 10.1. The Morgan fingerprint density at radius 2 is 2.00 bits per heavy atom. The maximum atomic E-state index is 13.9. The minimum absolute atomic E-state index is 0.104. The number of ether oxygens (including phenoxy) is 2. The summed E-state index contributed by atoms with van der Waals surface area (Å²) in [6.45, 7) is 6.87. The highest BCUT2D eigenvalue weighted by Crippen LogP contribution is 2.13. The largest absolute Gasteiger partial charge is 0.384 e. The smallest absolute Gasteiger partial charge is 0.139 e. The molecule has 0 saturated carbocycles. The molecule has 0 radical (unpaired) electrons. The van der Waals surface area contributed by atoms with E-state index in [-0.39, 0.29) is 23.6 Å². The van der Waals surface area contributed by atoms with Gasteiger partial charge in [0.25, 0.3) is 0 Å². The maximum absolute atomic E-state index is 13.9. The third kappa shape index (κ3) is 5.36. The molecule has 0 atom stereocenters. The third-order valence-electron chi connectivity index (χ3n) is 2.39. The number of nitrogens with two attached hydrogens (primary N) is 1. The summed E-state index contributed by atoms with van der Waals surface area (Å²) in [5.74, 6) is -0.776. The van der Waals surface area contributed by atoms with Crippen LogP contribution < -0.4 is 5.73 Å². The predicted molar refractivity (Wildman–Crippen MR) is 72.8 cm³/mol. The van der Waals surface area contributed by atoms with Crippen LogP contribution in [0.5, 0.6) is 0 Å². The maximum Gasteiger partial charge on any atom is 0.139 e. The summed E-state index contributed by atoms with van der Waals surface area (Å²) in [5.41, 5.74) is 5.58. The van der Waals surface area contributed by atoms with E-state index in [1.807, 2.05) is 20.8 Å². The fraction of sp³-hybridized carbons (Fsp3) is 0.500. The summed E-state index contributed by atoms with van der Waals surface area (Å²) in [5, 5.41) is 7.26. The number of benzene rings is 1. The molecule has 0 unspecified atom stereocenters. The average Bonchev–Trinajstić information content (AvgIpc) is 2.28. The monoisotopic (exact) mass is 268 g/mol. The molecule has 0 aliphatic heterocycles. The molecule has 1 aromatic rings. The van der Waals surface area contributed by atoms with E-state index in [9.17, 15) is 4.39 Å². The molecule has 0 saturated heterocycles. The molecule has 0 aliphatic rings. The highest BCUT2D eigenvalue weighted by Gasteiger charge is 2.11. The summed E-state index contributed by atoms with van der Waals surface area (Å²) in [4.78, 5) is 0. The average molecular weight is 268 g/mol. The number of nitrogen functional groups attached to an aromatic ring is 1. The van der Waals surface area contributed by atoms with Crippen LogP contribution in [0.2, 0.25) is 0 Å². The summed E-state index contributed by atoms with van der Waals surface area (Å²) in [6, 6.07) is 4.75. The van der Waals surface area contributed by atoms with Gasteiger partial charge >= 0.3 is 0 Å². The van der Waals surface area contributed by atoms with Crippen LogP contribution in [-0.2, 0) is 16.1 Å². The molecule has 0 fully saturated rings. The molecule has 1 aromatic carbocycles. The fourth-order valence-corrected chi connectivity index (χ4v) is 1.49. The molecule has 4 nitrogen and oxygen atoms in total. The van der Waals surface area contributed by atoms with Crippen LogP contribution in [0.15, 0.2) is 18.2 Å². The van der Waals surface area contributed by atoms with Crippen LogP contribution in [0.3, 0.4) is 0 Å². The van der Waals surface area contributed by atoms with Crippen molar-refractivity contribution in [2.24, 2.45) is 5.73 Å². The van der Waals surface area contributed by atoms with E-state index in [0.717, 1.165) is 0 Å². The van der Waals surface area contributed by atoms with Crippen molar-refractivity contribution in [2.45, 2.75) is 33.0 Å². The summed E-state index contributed by atoms with van der Waals surface area (Å²) in [7, 11) is 0. The third-order valence-corrected chi connectivity index (χ3v) is 2.39. The normalized spacial score (nSPS) is 11.6. The second-order valence-electron chi connectivity index (χ2n) is 5.21. The van der Waals surface area contributed by atoms with Gasteiger partial charge < -0.3 is 15.2 Å². The topological polar surface area (TPSA) is 68.3 Å². The second-order valence-corrected chi connectivity index (χ2v) is 5.21. The van der Waals surface area contributed by atoms with Gasteiger partial charge in [-0.3, -0.25) is 5.41 Å². The van der Waals surface area contributed by atoms with Gasteiger partial charge in [0.15, 0.2) is 0 Å². The minimum atomic E-state index is -0.494. The lowest BCUT2D eigenvalue weighted by Crippen LogP contribution is -2.21. The first-order valence-corrected chi connectivity index (χ1v) is 6.15. The Balaban J connectivity index is 2.46. The van der Waals surface area contributed by atoms with Gasteiger partial charge in [0.2, 0.25) is 0 Å². The molecule has 5 heteroatoms. The lowest BCUT2D eigenvalue weighted by Gasteiger charge is -2.19. The molecule has 0 aliphatic carbocycles. The molecule has 1 rings (SSSR count). The molecule has 0 bridgehead atoms. The zero-order chi connectivity index (χ0) is 14.5. The number of halogens is 1. The van der Waals surface area contributed by atoms with Crippen molar-refractivity contribution in [2.75, 3.05) is 13.2 Å². The molecule has 0 heterocycles. The first kappa shape index (κ1) is 15.6. The standard InChI is InChI=1S/C14H21FN2O2/c1-14(2,3)19-8-7-18-9-10-5-4-6-11(12(10)15)13(16)17/h4-6H,7-9H2,1-3H3,(H3,16,17). The van der Waals surface area contributed by atoms with Crippen molar-refractivity contribution < 1.29 is 13.9 Å². The number of hydrogen-bond donors (Lipinski definition) is 2. The number of hydrogen-bond acceptors (Lipinski definition) is 3. The first-order valence-electron chi connectivity index (χ1n) is 6.15. The Kier molecular flexibility index (Phi) is 5.44. The first-order chi connectivity index (χ1) is 8.81. The van der Waals surface area contributed by atoms with Gasteiger partial charge in [0.1, 0.15) is 11.7 Å². The van der Waals surface area contributed by atoms with E-state index < -0.39 is 5.82 Å². The van der Waals surface area contributed by atoms with E-state index in [1.54, 1.807) is 12.1 Å². The minimum Gasteiger partial charge on any atom is -0.384 e. The number of nitrogens with one attached hydrogen (secondary N) is 1. The van der Waals surface area contributed by atoms with E-state index in [0.29, 0.717) is 18.8 Å². The SMILES string of the molecule is CC(C)(C)OCCOCc1cccc(C(=N)N)c1F. The van der Waals surface area contributed by atoms with Gasteiger partial charge in [0, 0.05) is 5.56 Å². The molecule has 19 heavy (non-hydrogen) atoms. The Morgan fingerprint density at radius 3 is 2.58 bits per heavy atom. The zero-order valence-electron chi connectivity index (χ0n) is 11.6.